The molecule has 0 spiro atoms. The molecule has 2 nitrogen and oxygen atoms in total. The van der Waals surface area contributed by atoms with Gasteiger partial charge in [-0.2, -0.15) is 11.8 Å². The summed E-state index contributed by atoms with van der Waals surface area (Å²) in [5.41, 5.74) is 0. The predicted molar refractivity (Wildman–Crippen MR) is 71.0 cm³/mol. The Labute approximate surface area is 104 Å². The molecular weight excluding hydrogens is 216 g/mol. The molecule has 16 heavy (non-hydrogen) atoms. The molecule has 0 aromatic carbocycles. The number of hydrogen-bond donors (Lipinski definition) is 1. The van der Waals surface area contributed by atoms with Gasteiger partial charge in [0.05, 0.1) is 0 Å². The van der Waals surface area contributed by atoms with Crippen LogP contribution < -0.4 is 5.32 Å². The number of nitrogens with zero attached hydrogens (tertiary/aromatic N) is 1. The van der Waals surface area contributed by atoms with Crippen LogP contribution in [0, 0.1) is 11.8 Å². The van der Waals surface area contributed by atoms with Crippen molar-refractivity contribution in [3.63, 3.8) is 0 Å². The van der Waals surface area contributed by atoms with Gasteiger partial charge in [0.15, 0.2) is 0 Å². The molecule has 1 unspecified atom stereocenters. The van der Waals surface area contributed by atoms with Crippen molar-refractivity contribution in [2.24, 2.45) is 11.8 Å². The van der Waals surface area contributed by atoms with E-state index >= 15 is 0 Å². The Morgan fingerprint density at radius 1 is 1.06 bits per heavy atom. The Hall–Kier alpha value is 0.270. The lowest BCUT2D eigenvalue weighted by Crippen LogP contribution is -2.56. The molecule has 0 saturated carbocycles. The van der Waals surface area contributed by atoms with Crippen LogP contribution in [0.2, 0.25) is 0 Å². The number of fused-ring (bicyclic) bond motifs is 3. The zero-order chi connectivity index (χ0) is 10.8. The quantitative estimate of drug-likeness (QED) is 0.810. The van der Waals surface area contributed by atoms with E-state index < -0.39 is 0 Å². The molecule has 4 aliphatic heterocycles. The fraction of sp³-hybridized carbons (Fsp3) is 1.00. The van der Waals surface area contributed by atoms with E-state index in [0.717, 1.165) is 17.9 Å². The van der Waals surface area contributed by atoms with E-state index in [9.17, 15) is 0 Å². The molecule has 0 aromatic rings. The van der Waals surface area contributed by atoms with Crippen LogP contribution in [0.5, 0.6) is 0 Å². The molecule has 4 fully saturated rings. The number of thioether (sulfide) groups is 1. The topological polar surface area (TPSA) is 15.3 Å². The van der Waals surface area contributed by atoms with Crippen molar-refractivity contribution in [3.05, 3.63) is 0 Å². The van der Waals surface area contributed by atoms with Crippen LogP contribution in [0.1, 0.15) is 25.7 Å². The van der Waals surface area contributed by atoms with E-state index in [2.05, 4.69) is 22.0 Å². The van der Waals surface area contributed by atoms with Gasteiger partial charge in [-0.3, -0.25) is 0 Å². The SMILES string of the molecule is C1CC(CNC2CN3CCC2CC3)CCS1. The molecule has 1 N–H and O–H groups in total. The minimum absolute atomic E-state index is 0.817. The maximum atomic E-state index is 3.87. The van der Waals surface area contributed by atoms with Crippen LogP contribution in [-0.2, 0) is 0 Å². The van der Waals surface area contributed by atoms with Crippen molar-refractivity contribution in [2.45, 2.75) is 31.7 Å². The Morgan fingerprint density at radius 3 is 2.44 bits per heavy atom. The molecule has 2 bridgehead atoms. The van der Waals surface area contributed by atoms with E-state index in [1.54, 1.807) is 0 Å². The molecule has 0 aromatic heterocycles. The van der Waals surface area contributed by atoms with Gasteiger partial charge in [0.25, 0.3) is 0 Å². The van der Waals surface area contributed by atoms with Gasteiger partial charge < -0.3 is 10.2 Å². The van der Waals surface area contributed by atoms with Crippen molar-refractivity contribution in [2.75, 3.05) is 37.7 Å². The number of piperidine rings is 3. The second kappa shape index (κ2) is 5.28. The van der Waals surface area contributed by atoms with Gasteiger partial charge in [0.2, 0.25) is 0 Å². The molecule has 0 radical (unpaired) electrons. The first-order chi connectivity index (χ1) is 7.92. The Bertz CT molecular complexity index is 220. The van der Waals surface area contributed by atoms with E-state index in [-0.39, 0.29) is 0 Å². The van der Waals surface area contributed by atoms with Crippen LogP contribution in [0.4, 0.5) is 0 Å². The third kappa shape index (κ3) is 2.57. The van der Waals surface area contributed by atoms with Crippen LogP contribution in [-0.4, -0.2) is 48.6 Å². The van der Waals surface area contributed by atoms with Crippen molar-refractivity contribution in [1.82, 2.24) is 10.2 Å². The molecule has 4 heterocycles. The lowest BCUT2D eigenvalue weighted by Gasteiger charge is -2.45. The van der Waals surface area contributed by atoms with Crippen LogP contribution in [0.15, 0.2) is 0 Å². The molecule has 4 saturated heterocycles. The lowest BCUT2D eigenvalue weighted by molar-refractivity contribution is 0.0706. The zero-order valence-corrected chi connectivity index (χ0v) is 11.0. The summed E-state index contributed by atoms with van der Waals surface area (Å²) in [5.74, 6) is 4.75. The summed E-state index contributed by atoms with van der Waals surface area (Å²) in [6.45, 7) is 5.34. The minimum atomic E-state index is 0.817. The van der Waals surface area contributed by atoms with Gasteiger partial charge >= 0.3 is 0 Å². The van der Waals surface area contributed by atoms with Crippen molar-refractivity contribution < 1.29 is 0 Å². The van der Waals surface area contributed by atoms with Crippen molar-refractivity contribution >= 4 is 11.8 Å². The molecule has 4 aliphatic rings. The van der Waals surface area contributed by atoms with Gasteiger partial charge in [-0.15, -0.1) is 0 Å². The van der Waals surface area contributed by atoms with Crippen LogP contribution in [0.3, 0.4) is 0 Å². The second-order valence-corrected chi connectivity index (χ2v) is 6.93. The third-order valence-electron chi connectivity index (χ3n) is 4.67. The predicted octanol–water partition coefficient (Wildman–Crippen LogP) is 1.81. The second-order valence-electron chi connectivity index (χ2n) is 5.71. The van der Waals surface area contributed by atoms with E-state index in [1.807, 2.05) is 0 Å². The number of hydrogen-bond acceptors (Lipinski definition) is 3. The Balaban J connectivity index is 1.44. The van der Waals surface area contributed by atoms with Crippen molar-refractivity contribution in [3.8, 4) is 0 Å². The fourth-order valence-electron chi connectivity index (χ4n) is 3.46. The molecule has 92 valence electrons. The van der Waals surface area contributed by atoms with Gasteiger partial charge in [-0.05, 0) is 68.7 Å². The molecule has 0 aliphatic carbocycles. The van der Waals surface area contributed by atoms with E-state index in [0.29, 0.717) is 0 Å². The maximum Gasteiger partial charge on any atom is 0.0224 e. The number of nitrogens with one attached hydrogen (secondary N) is 1. The molecule has 0 amide bonds. The van der Waals surface area contributed by atoms with Crippen molar-refractivity contribution in [1.29, 1.82) is 0 Å². The highest BCUT2D eigenvalue weighted by Crippen LogP contribution is 2.28. The van der Waals surface area contributed by atoms with Gasteiger partial charge in [-0.1, -0.05) is 0 Å². The molecule has 1 atom stereocenters. The molecule has 4 rings (SSSR count). The van der Waals surface area contributed by atoms with Crippen LogP contribution in [0.25, 0.3) is 0 Å². The normalized spacial score (nSPS) is 40.1. The standard InChI is InChI=1S/C13H24N2S/c1-5-15-6-2-12(1)13(10-15)14-9-11-3-7-16-8-4-11/h11-14H,1-10H2. The monoisotopic (exact) mass is 240 g/mol. The summed E-state index contributed by atoms with van der Waals surface area (Å²) in [6, 6.07) is 0.817. The molecule has 3 heteroatoms. The van der Waals surface area contributed by atoms with E-state index in [1.165, 1.54) is 63.4 Å². The average Bonchev–Trinajstić information content (AvgIpc) is 2.39. The minimum Gasteiger partial charge on any atom is -0.312 e. The third-order valence-corrected chi connectivity index (χ3v) is 5.71. The van der Waals surface area contributed by atoms with Gasteiger partial charge in [0.1, 0.15) is 0 Å². The largest absolute Gasteiger partial charge is 0.312 e. The zero-order valence-electron chi connectivity index (χ0n) is 10.2. The van der Waals surface area contributed by atoms with Gasteiger partial charge in [0, 0.05) is 12.6 Å². The fourth-order valence-corrected chi connectivity index (χ4v) is 4.67. The Kier molecular flexibility index (Phi) is 3.75. The van der Waals surface area contributed by atoms with E-state index in [4.69, 9.17) is 0 Å². The maximum absolute atomic E-state index is 3.87. The number of rotatable bonds is 3. The highest BCUT2D eigenvalue weighted by molar-refractivity contribution is 7.99. The highest BCUT2D eigenvalue weighted by atomic mass is 32.2. The summed E-state index contributed by atoms with van der Waals surface area (Å²) in [4.78, 5) is 2.65. The summed E-state index contributed by atoms with van der Waals surface area (Å²) in [5, 5.41) is 3.87. The van der Waals surface area contributed by atoms with Gasteiger partial charge in [-0.25, -0.2) is 0 Å². The average molecular weight is 240 g/mol. The summed E-state index contributed by atoms with van der Waals surface area (Å²) in [7, 11) is 0. The summed E-state index contributed by atoms with van der Waals surface area (Å²) >= 11 is 2.14. The first-order valence-corrected chi connectivity index (χ1v) is 8.11. The first-order valence-electron chi connectivity index (χ1n) is 6.95. The Morgan fingerprint density at radius 2 is 1.81 bits per heavy atom. The molecular formula is C13H24N2S. The first kappa shape index (κ1) is 11.4. The summed E-state index contributed by atoms with van der Waals surface area (Å²) in [6.07, 6.45) is 5.77. The smallest absolute Gasteiger partial charge is 0.0224 e. The lowest BCUT2D eigenvalue weighted by atomic mass is 9.84. The summed E-state index contributed by atoms with van der Waals surface area (Å²) < 4.78 is 0. The van der Waals surface area contributed by atoms with Crippen LogP contribution >= 0.6 is 11.8 Å². The highest BCUT2D eigenvalue weighted by Gasteiger charge is 2.33.